The summed E-state index contributed by atoms with van der Waals surface area (Å²) in [5.74, 6) is -2.36. The molecular formula is C50H78N10O16. The molecule has 6 amide bonds. The normalized spacial score (nSPS) is 17.6. The van der Waals surface area contributed by atoms with Gasteiger partial charge in [-0.2, -0.15) is 0 Å². The molecule has 17 N–H and O–H groups in total. The Balaban J connectivity index is 1.30. The van der Waals surface area contributed by atoms with Gasteiger partial charge in [0.05, 0.1) is 49.0 Å². The molecule has 26 nitrogen and oxygen atoms in total. The number of fused-ring (bicyclic) bond motifs is 2. The molecule has 0 unspecified atom stereocenters. The van der Waals surface area contributed by atoms with E-state index in [0.29, 0.717) is 50.0 Å². The monoisotopic (exact) mass is 1070 g/mol. The summed E-state index contributed by atoms with van der Waals surface area (Å²) < 4.78 is 0. The van der Waals surface area contributed by atoms with E-state index in [1.54, 1.807) is 22.9 Å². The molecule has 2 aromatic carbocycles. The predicted molar refractivity (Wildman–Crippen MR) is 274 cm³/mol. The van der Waals surface area contributed by atoms with Crippen molar-refractivity contribution in [2.24, 2.45) is 0 Å². The average molecular weight is 1080 g/mol. The number of aliphatic hydroxyl groups excluding tert-OH is 10. The largest absolute Gasteiger partial charge is 0.394 e. The number of aliphatic hydroxyl groups is 10. The molecule has 0 radical (unpaired) electrons. The summed E-state index contributed by atoms with van der Waals surface area (Å²) in [7, 11) is 3.13. The van der Waals surface area contributed by atoms with Crippen LogP contribution in [0.1, 0.15) is 86.5 Å². The van der Waals surface area contributed by atoms with Gasteiger partial charge in [-0.15, -0.1) is 0 Å². The van der Waals surface area contributed by atoms with Crippen LogP contribution in [0.25, 0.3) is 11.0 Å². The van der Waals surface area contributed by atoms with Crippen LogP contribution < -0.4 is 31.9 Å². The van der Waals surface area contributed by atoms with Crippen LogP contribution in [-0.4, -0.2) is 227 Å². The van der Waals surface area contributed by atoms with E-state index in [2.05, 4.69) is 41.9 Å². The van der Waals surface area contributed by atoms with E-state index in [9.17, 15) is 69.6 Å². The third-order valence-electron chi connectivity index (χ3n) is 13.2. The standard InChI is InChI=1S/C50H78N10O16/c1-4-30-50(76)60(24-29-21-28(13-14-31(29)55-30)49(75)59(3)25-40-56-32-11-7-8-12-33(32)57-40)20-10-6-5-9-19-52-47(73)35(16-18-42(68)54-23-37(64)44(70)46(72)39(66)27-62)58-48(74)34(51-2)15-17-41(67)53-22-36(63)43(69)45(71)38(65)26-61/h7-8,11-14,21,30,34-39,43-46,51,55,61-66,69-72H,4-6,9-10,15-20,22-27H2,1-3H3,(H,52,73)(H,53,67)(H,54,68)(H,56,57)(H,58,74)/t30-,34-,35-,36+,37-,38-,39+,43-,44+,45-,46+/m0/s1. The molecule has 0 aliphatic carbocycles. The number of imidazole rings is 1. The molecule has 76 heavy (non-hydrogen) atoms. The number of hydrogen-bond acceptors (Lipinski definition) is 19. The van der Waals surface area contributed by atoms with Gasteiger partial charge in [0.2, 0.25) is 29.5 Å². The van der Waals surface area contributed by atoms with Gasteiger partial charge in [-0.05, 0) is 75.0 Å². The van der Waals surface area contributed by atoms with Crippen LogP contribution in [0, 0.1) is 0 Å². The van der Waals surface area contributed by atoms with Gasteiger partial charge >= 0.3 is 0 Å². The fourth-order valence-corrected chi connectivity index (χ4v) is 8.41. The number of aromatic amines is 1. The van der Waals surface area contributed by atoms with Crippen molar-refractivity contribution in [3.8, 4) is 0 Å². The highest BCUT2D eigenvalue weighted by Gasteiger charge is 2.33. The molecule has 0 spiro atoms. The fourth-order valence-electron chi connectivity index (χ4n) is 8.41. The van der Waals surface area contributed by atoms with Crippen molar-refractivity contribution in [1.82, 2.24) is 46.4 Å². The number of nitrogens with one attached hydrogen (secondary N) is 7. The number of nitrogens with zero attached hydrogens (tertiary/aromatic N) is 3. The molecule has 2 heterocycles. The molecule has 4 rings (SSSR count). The van der Waals surface area contributed by atoms with Crippen molar-refractivity contribution in [3.63, 3.8) is 0 Å². The molecule has 0 fully saturated rings. The van der Waals surface area contributed by atoms with Gasteiger partial charge in [-0.25, -0.2) is 4.98 Å². The van der Waals surface area contributed by atoms with Gasteiger partial charge in [0.15, 0.2) is 0 Å². The first-order valence-corrected chi connectivity index (χ1v) is 25.6. The molecule has 0 saturated heterocycles. The minimum Gasteiger partial charge on any atom is -0.394 e. The van der Waals surface area contributed by atoms with E-state index in [1.165, 1.54) is 7.05 Å². The number of hydrogen-bond donors (Lipinski definition) is 17. The van der Waals surface area contributed by atoms with Crippen LogP contribution in [-0.2, 0) is 37.1 Å². The lowest BCUT2D eigenvalue weighted by Crippen LogP contribution is -2.53. The highest BCUT2D eigenvalue weighted by molar-refractivity contribution is 5.95. The van der Waals surface area contributed by atoms with Crippen molar-refractivity contribution < 1.29 is 79.8 Å². The first-order valence-electron chi connectivity index (χ1n) is 25.6. The van der Waals surface area contributed by atoms with Gasteiger partial charge in [-0.3, -0.25) is 28.8 Å². The third-order valence-corrected chi connectivity index (χ3v) is 13.2. The second kappa shape index (κ2) is 31.3. The number of H-pyrrole nitrogens is 1. The SMILES string of the molecule is CC[C@@H]1Nc2ccc(C(=O)N(C)Cc3nc4ccccc4[nH]3)cc2CN(CCCCCCNC(=O)[C@H](CCC(=O)NC[C@H](O)[C@@H](O)[C@H](O)[C@H](O)CO)NC(=O)[C@H](CCC(=O)NC[C@@H](O)[C@H](O)[C@@H](O)[C@@H](O)CO)NC)C1=O. The Morgan fingerprint density at radius 3 is 1.91 bits per heavy atom. The van der Waals surface area contributed by atoms with E-state index in [4.69, 9.17) is 10.2 Å². The number of anilines is 1. The van der Waals surface area contributed by atoms with Crippen molar-refractivity contribution >= 4 is 52.2 Å². The summed E-state index contributed by atoms with van der Waals surface area (Å²) >= 11 is 0. The number of carbonyl (C=O) groups excluding carboxylic acids is 6. The maximum atomic E-state index is 13.7. The highest BCUT2D eigenvalue weighted by Crippen LogP contribution is 2.27. The van der Waals surface area contributed by atoms with Crippen molar-refractivity contribution in [1.29, 1.82) is 0 Å². The minimum atomic E-state index is -1.93. The Bertz CT molecular complexity index is 2310. The van der Waals surface area contributed by atoms with Crippen molar-refractivity contribution in [2.75, 3.05) is 58.8 Å². The smallest absolute Gasteiger partial charge is 0.254 e. The zero-order valence-electron chi connectivity index (χ0n) is 43.2. The third kappa shape index (κ3) is 18.7. The highest BCUT2D eigenvalue weighted by atomic mass is 16.4. The molecule has 1 aliphatic rings. The summed E-state index contributed by atoms with van der Waals surface area (Å²) in [6.07, 6.45) is -12.7. The van der Waals surface area contributed by atoms with E-state index in [1.807, 2.05) is 43.3 Å². The molecule has 1 aromatic heterocycles. The second-order valence-corrected chi connectivity index (χ2v) is 19.0. The molecule has 3 aromatic rings. The molecule has 11 atom stereocenters. The molecule has 1 aliphatic heterocycles. The van der Waals surface area contributed by atoms with Crippen LogP contribution in [0.5, 0.6) is 0 Å². The Hall–Kier alpha value is -5.91. The van der Waals surface area contributed by atoms with Crippen molar-refractivity contribution in [3.05, 3.63) is 59.4 Å². The Kier molecular flexibility index (Phi) is 25.8. The number of aromatic nitrogens is 2. The zero-order valence-corrected chi connectivity index (χ0v) is 43.2. The van der Waals surface area contributed by atoms with Gasteiger partial charge in [0.25, 0.3) is 5.91 Å². The quantitative estimate of drug-likeness (QED) is 0.0257. The first kappa shape index (κ1) is 62.6. The van der Waals surface area contributed by atoms with E-state index >= 15 is 0 Å². The summed E-state index contributed by atoms with van der Waals surface area (Å²) in [6.45, 7) is 0.169. The van der Waals surface area contributed by atoms with Crippen molar-refractivity contribution in [2.45, 2.75) is 145 Å². The van der Waals surface area contributed by atoms with Gasteiger partial charge < -0.3 is 97.7 Å². The lowest BCUT2D eigenvalue weighted by Gasteiger charge is -2.26. The molecule has 0 bridgehead atoms. The number of amides is 6. The van der Waals surface area contributed by atoms with Crippen LogP contribution >= 0.6 is 0 Å². The summed E-state index contributed by atoms with van der Waals surface area (Å²) in [5.41, 5.74) is 3.72. The van der Waals surface area contributed by atoms with Gasteiger partial charge in [0.1, 0.15) is 54.5 Å². The van der Waals surface area contributed by atoms with E-state index in [-0.39, 0.29) is 57.1 Å². The van der Waals surface area contributed by atoms with Crippen LogP contribution in [0.15, 0.2) is 42.5 Å². The molecule has 424 valence electrons. The number of para-hydroxylation sites is 2. The van der Waals surface area contributed by atoms with E-state index < -0.39 is 117 Å². The number of benzene rings is 2. The van der Waals surface area contributed by atoms with Crippen LogP contribution in [0.3, 0.4) is 0 Å². The van der Waals surface area contributed by atoms with Crippen LogP contribution in [0.4, 0.5) is 5.69 Å². The van der Waals surface area contributed by atoms with E-state index in [0.717, 1.165) is 22.3 Å². The number of likely N-dealkylation sites (N-methyl/N-ethyl adjacent to an activating group) is 1. The van der Waals surface area contributed by atoms with Gasteiger partial charge in [0, 0.05) is 63.9 Å². The summed E-state index contributed by atoms with van der Waals surface area (Å²) in [5, 5.41) is 114. The Labute approximate surface area is 440 Å². The first-order chi connectivity index (χ1) is 36.2. The maximum Gasteiger partial charge on any atom is 0.254 e. The lowest BCUT2D eigenvalue weighted by atomic mass is 10.0. The fraction of sp³-hybridized carbons (Fsp3) is 0.620. The Morgan fingerprint density at radius 2 is 1.33 bits per heavy atom. The van der Waals surface area contributed by atoms with Crippen LogP contribution in [0.2, 0.25) is 0 Å². The lowest BCUT2D eigenvalue weighted by molar-refractivity contribution is -0.132. The van der Waals surface area contributed by atoms with Gasteiger partial charge in [-0.1, -0.05) is 31.9 Å². The zero-order chi connectivity index (χ0) is 56.1. The topological polar surface area (TPSA) is 412 Å². The summed E-state index contributed by atoms with van der Waals surface area (Å²) in [6, 6.07) is 10.2. The number of carbonyl (C=O) groups is 6. The number of rotatable bonds is 33. The Morgan fingerprint density at radius 1 is 0.750 bits per heavy atom. The molecule has 0 saturated carbocycles. The molecule has 26 heteroatoms. The maximum absolute atomic E-state index is 13.7. The minimum absolute atomic E-state index is 0.0672. The molecular weight excluding hydrogens is 997 g/mol. The number of unbranched alkanes of at least 4 members (excludes halogenated alkanes) is 3. The average Bonchev–Trinajstić information content (AvgIpc) is 3.78. The second-order valence-electron chi connectivity index (χ2n) is 19.0. The predicted octanol–water partition coefficient (Wildman–Crippen LogP) is -4.22. The summed E-state index contributed by atoms with van der Waals surface area (Å²) in [4.78, 5) is 91.0.